The molecule has 1 aromatic heterocycles. The fourth-order valence-corrected chi connectivity index (χ4v) is 2.31. The van der Waals surface area contributed by atoms with E-state index in [1.165, 1.54) is 6.08 Å². The normalized spacial score (nSPS) is 12.3. The van der Waals surface area contributed by atoms with Gasteiger partial charge in [0.25, 0.3) is 5.91 Å². The molecule has 0 fully saturated rings. The van der Waals surface area contributed by atoms with Crippen molar-refractivity contribution in [3.8, 4) is 6.07 Å². The molecule has 0 unspecified atom stereocenters. The Bertz CT molecular complexity index is 754. The first-order valence-electron chi connectivity index (χ1n) is 6.85. The van der Waals surface area contributed by atoms with Crippen molar-refractivity contribution >= 4 is 27.9 Å². The van der Waals surface area contributed by atoms with E-state index < -0.39 is 11.9 Å². The van der Waals surface area contributed by atoms with Crippen LogP contribution in [0.3, 0.4) is 0 Å². The minimum Gasteiger partial charge on any atom is -0.394 e. The first-order valence-corrected chi connectivity index (χ1v) is 7.64. The number of aliphatic hydroxyl groups is 1. The fourth-order valence-electron chi connectivity index (χ4n) is 1.96. The van der Waals surface area contributed by atoms with Crippen molar-refractivity contribution in [3.63, 3.8) is 0 Å². The van der Waals surface area contributed by atoms with Crippen LogP contribution in [-0.2, 0) is 4.79 Å². The fraction of sp³-hybridized carbons (Fsp3) is 0.118. The quantitative estimate of drug-likeness (QED) is 0.480. The highest BCUT2D eigenvalue weighted by Gasteiger charge is 2.16. The standard InChI is InChI=1S/C17H14BrN3O2/c18-16-8-4-7-14(20-16)9-13(10-19)17(23)21-15(11-22)12-5-2-1-3-6-12/h1-9,15,22H,11H2,(H,21,23)/b13-9+/t15-/m0/s1. The highest BCUT2D eigenvalue weighted by Crippen LogP contribution is 2.14. The summed E-state index contributed by atoms with van der Waals surface area (Å²) in [6.07, 6.45) is 1.40. The summed E-state index contributed by atoms with van der Waals surface area (Å²) < 4.78 is 0.612. The first-order chi connectivity index (χ1) is 11.1. The van der Waals surface area contributed by atoms with Crippen LogP contribution in [0.1, 0.15) is 17.3 Å². The SMILES string of the molecule is N#C/C(=C\c1cccc(Br)n1)C(=O)N[C@@H](CO)c1ccccc1. The molecule has 0 radical (unpaired) electrons. The van der Waals surface area contributed by atoms with Crippen molar-refractivity contribution in [1.82, 2.24) is 10.3 Å². The van der Waals surface area contributed by atoms with Gasteiger partial charge < -0.3 is 10.4 Å². The summed E-state index contributed by atoms with van der Waals surface area (Å²) >= 11 is 3.24. The van der Waals surface area contributed by atoms with Gasteiger partial charge in [0.05, 0.1) is 18.3 Å². The third-order valence-corrected chi connectivity index (χ3v) is 3.53. The molecular formula is C17H14BrN3O2. The van der Waals surface area contributed by atoms with Crippen molar-refractivity contribution < 1.29 is 9.90 Å². The molecule has 0 aliphatic heterocycles. The predicted molar refractivity (Wildman–Crippen MR) is 89.9 cm³/mol. The maximum atomic E-state index is 12.3. The van der Waals surface area contributed by atoms with Crippen LogP contribution >= 0.6 is 15.9 Å². The van der Waals surface area contributed by atoms with Crippen molar-refractivity contribution in [3.05, 3.63) is 70.0 Å². The second-order valence-corrected chi connectivity index (χ2v) is 5.49. The Morgan fingerprint density at radius 2 is 2.04 bits per heavy atom. The van der Waals surface area contributed by atoms with Gasteiger partial charge in [0.2, 0.25) is 0 Å². The Morgan fingerprint density at radius 1 is 1.30 bits per heavy atom. The minimum absolute atomic E-state index is 0.0787. The number of hydrogen-bond acceptors (Lipinski definition) is 4. The zero-order valence-electron chi connectivity index (χ0n) is 12.1. The molecule has 0 aliphatic rings. The maximum absolute atomic E-state index is 12.3. The van der Waals surface area contributed by atoms with Gasteiger partial charge >= 0.3 is 0 Å². The van der Waals surface area contributed by atoms with Crippen LogP contribution in [0.4, 0.5) is 0 Å². The Hall–Kier alpha value is -2.49. The molecule has 0 saturated heterocycles. The zero-order valence-corrected chi connectivity index (χ0v) is 13.7. The highest BCUT2D eigenvalue weighted by molar-refractivity contribution is 9.10. The van der Waals surface area contributed by atoms with E-state index in [2.05, 4.69) is 26.2 Å². The second-order valence-electron chi connectivity index (χ2n) is 4.67. The molecule has 23 heavy (non-hydrogen) atoms. The Balaban J connectivity index is 2.18. The van der Waals surface area contributed by atoms with Crippen molar-refractivity contribution in [1.29, 1.82) is 5.26 Å². The van der Waals surface area contributed by atoms with Crippen molar-refractivity contribution in [2.24, 2.45) is 0 Å². The first kappa shape index (κ1) is 16.9. The lowest BCUT2D eigenvalue weighted by atomic mass is 10.1. The predicted octanol–water partition coefficient (Wildman–Crippen LogP) is 2.60. The molecule has 0 spiro atoms. The molecule has 2 N–H and O–H groups in total. The number of hydrogen-bond donors (Lipinski definition) is 2. The smallest absolute Gasteiger partial charge is 0.262 e. The Morgan fingerprint density at radius 3 is 2.65 bits per heavy atom. The molecule has 1 heterocycles. The Labute approximate surface area is 142 Å². The van der Waals surface area contributed by atoms with E-state index in [9.17, 15) is 15.2 Å². The summed E-state index contributed by atoms with van der Waals surface area (Å²) in [6, 6.07) is 15.6. The summed E-state index contributed by atoms with van der Waals surface area (Å²) in [5, 5.41) is 21.3. The molecule has 0 saturated carbocycles. The molecule has 6 heteroatoms. The van der Waals surface area contributed by atoms with Crippen LogP contribution in [0.15, 0.2) is 58.7 Å². The molecule has 2 aromatic rings. The topological polar surface area (TPSA) is 86.0 Å². The second kappa shape index (κ2) is 8.22. The number of nitriles is 1. The summed E-state index contributed by atoms with van der Waals surface area (Å²) in [7, 11) is 0. The van der Waals surface area contributed by atoms with Crippen LogP contribution in [0.2, 0.25) is 0 Å². The van der Waals surface area contributed by atoms with E-state index in [-0.39, 0.29) is 12.2 Å². The number of carbonyl (C=O) groups excluding carboxylic acids is 1. The molecular weight excluding hydrogens is 358 g/mol. The van der Waals surface area contributed by atoms with E-state index in [1.54, 1.807) is 30.3 Å². The van der Waals surface area contributed by atoms with Gasteiger partial charge in [-0.3, -0.25) is 4.79 Å². The lowest BCUT2D eigenvalue weighted by molar-refractivity contribution is -0.118. The molecule has 1 atom stereocenters. The molecule has 5 nitrogen and oxygen atoms in total. The van der Waals surface area contributed by atoms with Crippen LogP contribution in [-0.4, -0.2) is 22.6 Å². The minimum atomic E-state index is -0.573. The Kier molecular flexibility index (Phi) is 6.03. The van der Waals surface area contributed by atoms with Gasteiger partial charge in [0, 0.05) is 0 Å². The summed E-state index contributed by atoms with van der Waals surface area (Å²) in [4.78, 5) is 16.4. The third kappa shape index (κ3) is 4.74. The number of pyridine rings is 1. The van der Waals surface area contributed by atoms with Gasteiger partial charge in [-0.25, -0.2) is 4.98 Å². The van der Waals surface area contributed by atoms with Gasteiger partial charge in [0.1, 0.15) is 16.2 Å². The molecule has 1 amide bonds. The monoisotopic (exact) mass is 371 g/mol. The third-order valence-electron chi connectivity index (χ3n) is 3.08. The molecule has 2 rings (SSSR count). The largest absolute Gasteiger partial charge is 0.394 e. The van der Waals surface area contributed by atoms with Gasteiger partial charge in [-0.05, 0) is 39.7 Å². The van der Waals surface area contributed by atoms with E-state index >= 15 is 0 Å². The number of aromatic nitrogens is 1. The number of rotatable bonds is 5. The summed E-state index contributed by atoms with van der Waals surface area (Å²) in [6.45, 7) is -0.260. The van der Waals surface area contributed by atoms with E-state index in [1.807, 2.05) is 24.3 Å². The zero-order chi connectivity index (χ0) is 16.7. The number of nitrogens with zero attached hydrogens (tertiary/aromatic N) is 2. The number of amides is 1. The van der Waals surface area contributed by atoms with Crippen LogP contribution < -0.4 is 5.32 Å². The molecule has 0 aliphatic carbocycles. The lowest BCUT2D eigenvalue weighted by Gasteiger charge is -2.16. The molecule has 1 aromatic carbocycles. The van der Waals surface area contributed by atoms with Gasteiger partial charge in [-0.15, -0.1) is 0 Å². The summed E-state index contributed by atoms with van der Waals surface area (Å²) in [5.74, 6) is -0.558. The number of nitrogens with one attached hydrogen (secondary N) is 1. The van der Waals surface area contributed by atoms with E-state index in [0.717, 1.165) is 5.56 Å². The highest BCUT2D eigenvalue weighted by atomic mass is 79.9. The van der Waals surface area contributed by atoms with Crippen LogP contribution in [0.25, 0.3) is 6.08 Å². The van der Waals surface area contributed by atoms with E-state index in [0.29, 0.717) is 10.3 Å². The summed E-state index contributed by atoms with van der Waals surface area (Å²) in [5.41, 5.74) is 1.18. The average Bonchev–Trinajstić information content (AvgIpc) is 2.58. The maximum Gasteiger partial charge on any atom is 0.262 e. The van der Waals surface area contributed by atoms with Crippen LogP contribution in [0.5, 0.6) is 0 Å². The molecule has 116 valence electrons. The van der Waals surface area contributed by atoms with Crippen molar-refractivity contribution in [2.45, 2.75) is 6.04 Å². The van der Waals surface area contributed by atoms with Gasteiger partial charge in [0.15, 0.2) is 0 Å². The van der Waals surface area contributed by atoms with Crippen molar-refractivity contribution in [2.75, 3.05) is 6.61 Å². The number of halogens is 1. The van der Waals surface area contributed by atoms with Gasteiger partial charge in [-0.2, -0.15) is 5.26 Å². The van der Waals surface area contributed by atoms with E-state index in [4.69, 9.17) is 0 Å². The lowest BCUT2D eigenvalue weighted by Crippen LogP contribution is -2.31. The average molecular weight is 372 g/mol. The number of carbonyl (C=O) groups is 1. The number of aliphatic hydroxyl groups excluding tert-OH is 1. The van der Waals surface area contributed by atoms with Gasteiger partial charge in [-0.1, -0.05) is 36.4 Å². The molecule has 0 bridgehead atoms. The van der Waals surface area contributed by atoms with Crippen LogP contribution in [0, 0.1) is 11.3 Å². The number of benzene rings is 1.